The number of fused-ring (bicyclic) bond motifs is 12. The summed E-state index contributed by atoms with van der Waals surface area (Å²) in [5, 5.41) is 3.46. The number of benzene rings is 7. The summed E-state index contributed by atoms with van der Waals surface area (Å²) in [6, 6.07) is 59.0. The van der Waals surface area contributed by atoms with Gasteiger partial charge in [-0.3, -0.25) is 9.88 Å². The molecule has 3 aliphatic rings. The van der Waals surface area contributed by atoms with E-state index in [0.29, 0.717) is 5.95 Å². The van der Waals surface area contributed by atoms with Crippen LogP contribution >= 0.6 is 0 Å². The Labute approximate surface area is 300 Å². The zero-order chi connectivity index (χ0) is 34.0. The highest BCUT2D eigenvalue weighted by Crippen LogP contribution is 2.63. The molecule has 2 aromatic heterocycles. The molecule has 52 heavy (non-hydrogen) atoms. The number of anilines is 3. The van der Waals surface area contributed by atoms with Gasteiger partial charge in [-0.15, -0.1) is 0 Å². The minimum absolute atomic E-state index is 0.525. The largest absolute Gasteiger partial charge is 0.278 e. The molecule has 1 spiro atoms. The molecule has 7 aromatic carbocycles. The summed E-state index contributed by atoms with van der Waals surface area (Å²) in [6.07, 6.45) is 1.94. The standard InChI is InChI=1S/C48H28N4/c1-2-13-29(14-3-1)45-34-18-6-10-22-40(34)50-47(51-45)52-41-23-11-7-17-32(41)33-24-25-35-43-38(26-27-42(52)44(33)43)48(39-21-12-28-49-46(35)39)36-19-8-4-15-30(36)31-16-5-9-20-37(31)48/h1-28H. The second-order valence-electron chi connectivity index (χ2n) is 13.9. The van der Waals surface area contributed by atoms with Gasteiger partial charge in [0.05, 0.1) is 33.7 Å². The number of nitrogens with zero attached hydrogens (tertiary/aromatic N) is 4. The summed E-state index contributed by atoms with van der Waals surface area (Å²) in [5.74, 6) is 0.650. The molecule has 1 aliphatic heterocycles. The van der Waals surface area contributed by atoms with Crippen molar-refractivity contribution in [2.75, 3.05) is 4.90 Å². The number of pyridine rings is 1. The number of para-hydroxylation sites is 2. The summed E-state index contributed by atoms with van der Waals surface area (Å²) in [5.41, 5.74) is 16.7. The maximum atomic E-state index is 5.40. The Morgan fingerprint density at radius 1 is 0.404 bits per heavy atom. The van der Waals surface area contributed by atoms with E-state index in [-0.39, 0.29) is 0 Å². The Morgan fingerprint density at radius 3 is 1.90 bits per heavy atom. The van der Waals surface area contributed by atoms with Crippen LogP contribution in [0.2, 0.25) is 0 Å². The van der Waals surface area contributed by atoms with E-state index < -0.39 is 5.41 Å². The number of rotatable bonds is 2. The zero-order valence-corrected chi connectivity index (χ0v) is 28.0. The van der Waals surface area contributed by atoms with Crippen LogP contribution in [0.3, 0.4) is 0 Å². The lowest BCUT2D eigenvalue weighted by atomic mass is 9.62. The molecule has 9 aromatic rings. The fraction of sp³-hybridized carbons (Fsp3) is 0.0208. The molecular formula is C48H28N4. The SMILES string of the molecule is c1ccc(-c2nc(N3c4ccccc4-c4ccc5c6c(ccc3c46)C3(c4ccccc4-c4ccccc43)c3cccnc3-5)nc3ccccc23)cc1. The van der Waals surface area contributed by atoms with Gasteiger partial charge in [0.1, 0.15) is 0 Å². The molecule has 2 aliphatic carbocycles. The molecule has 0 atom stereocenters. The van der Waals surface area contributed by atoms with Crippen molar-refractivity contribution in [1.82, 2.24) is 15.0 Å². The molecule has 4 nitrogen and oxygen atoms in total. The smallest absolute Gasteiger partial charge is 0.235 e. The maximum absolute atomic E-state index is 5.40. The third-order valence-corrected chi connectivity index (χ3v) is 11.5. The van der Waals surface area contributed by atoms with Gasteiger partial charge in [0.15, 0.2) is 0 Å². The second-order valence-corrected chi connectivity index (χ2v) is 13.9. The average molecular weight is 661 g/mol. The molecule has 0 saturated heterocycles. The van der Waals surface area contributed by atoms with Gasteiger partial charge in [-0.05, 0) is 68.6 Å². The first-order valence-corrected chi connectivity index (χ1v) is 17.8. The van der Waals surface area contributed by atoms with Gasteiger partial charge in [0.2, 0.25) is 5.95 Å². The van der Waals surface area contributed by atoms with E-state index in [1.807, 2.05) is 12.3 Å². The van der Waals surface area contributed by atoms with E-state index in [0.717, 1.165) is 50.4 Å². The molecule has 240 valence electrons. The predicted molar refractivity (Wildman–Crippen MR) is 210 cm³/mol. The van der Waals surface area contributed by atoms with Crippen LogP contribution < -0.4 is 4.90 Å². The molecule has 0 saturated carbocycles. The highest BCUT2D eigenvalue weighted by molar-refractivity contribution is 6.20. The number of aromatic nitrogens is 3. The molecule has 0 radical (unpaired) electrons. The minimum atomic E-state index is -0.525. The van der Waals surface area contributed by atoms with Crippen molar-refractivity contribution in [2.24, 2.45) is 0 Å². The summed E-state index contributed by atoms with van der Waals surface area (Å²) >= 11 is 0. The first-order valence-electron chi connectivity index (χ1n) is 17.8. The van der Waals surface area contributed by atoms with E-state index in [2.05, 4.69) is 163 Å². The van der Waals surface area contributed by atoms with Crippen LogP contribution in [0.15, 0.2) is 170 Å². The first-order chi connectivity index (χ1) is 25.8. The predicted octanol–water partition coefficient (Wildman–Crippen LogP) is 11.6. The molecule has 12 rings (SSSR count). The van der Waals surface area contributed by atoms with Crippen molar-refractivity contribution in [1.29, 1.82) is 0 Å². The number of hydrogen-bond acceptors (Lipinski definition) is 4. The molecule has 0 bridgehead atoms. The summed E-state index contributed by atoms with van der Waals surface area (Å²) < 4.78 is 0. The molecule has 0 fully saturated rings. The second kappa shape index (κ2) is 10.1. The van der Waals surface area contributed by atoms with Gasteiger partial charge < -0.3 is 0 Å². The number of hydrogen-bond donors (Lipinski definition) is 0. The quantitative estimate of drug-likeness (QED) is 0.185. The molecular weight excluding hydrogens is 633 g/mol. The van der Waals surface area contributed by atoms with Gasteiger partial charge in [-0.25, -0.2) is 9.97 Å². The molecule has 0 N–H and O–H groups in total. The fourth-order valence-corrected chi connectivity index (χ4v) is 9.50. The summed E-state index contributed by atoms with van der Waals surface area (Å²) in [7, 11) is 0. The van der Waals surface area contributed by atoms with Crippen LogP contribution in [0.1, 0.15) is 22.3 Å². The van der Waals surface area contributed by atoms with Gasteiger partial charge in [-0.2, -0.15) is 0 Å². The monoisotopic (exact) mass is 660 g/mol. The minimum Gasteiger partial charge on any atom is -0.278 e. The average Bonchev–Trinajstić information content (AvgIpc) is 3.51. The van der Waals surface area contributed by atoms with E-state index >= 15 is 0 Å². The normalized spacial score (nSPS) is 13.9. The van der Waals surface area contributed by atoms with Crippen molar-refractivity contribution in [3.63, 3.8) is 0 Å². The third kappa shape index (κ3) is 3.39. The van der Waals surface area contributed by atoms with Crippen molar-refractivity contribution in [3.05, 3.63) is 192 Å². The highest BCUT2D eigenvalue weighted by Gasteiger charge is 2.51. The van der Waals surface area contributed by atoms with Gasteiger partial charge >= 0.3 is 0 Å². The molecule has 0 amide bonds. The Hall–Kier alpha value is -6.91. The fourth-order valence-electron chi connectivity index (χ4n) is 9.50. The van der Waals surface area contributed by atoms with Crippen molar-refractivity contribution in [3.8, 4) is 44.8 Å². The summed E-state index contributed by atoms with van der Waals surface area (Å²) in [6.45, 7) is 0. The van der Waals surface area contributed by atoms with Crippen molar-refractivity contribution >= 4 is 39.0 Å². The van der Waals surface area contributed by atoms with Crippen LogP contribution in [-0.4, -0.2) is 15.0 Å². The zero-order valence-electron chi connectivity index (χ0n) is 28.0. The maximum Gasteiger partial charge on any atom is 0.235 e. The van der Waals surface area contributed by atoms with Gasteiger partial charge in [0.25, 0.3) is 0 Å². The van der Waals surface area contributed by atoms with E-state index in [1.165, 1.54) is 49.7 Å². The topological polar surface area (TPSA) is 41.9 Å². The third-order valence-electron chi connectivity index (χ3n) is 11.5. The Morgan fingerprint density at radius 2 is 1.08 bits per heavy atom. The van der Waals surface area contributed by atoms with E-state index in [9.17, 15) is 0 Å². The Kier molecular flexibility index (Phi) is 5.40. The lowest BCUT2D eigenvalue weighted by Gasteiger charge is -2.41. The van der Waals surface area contributed by atoms with Gasteiger partial charge in [-0.1, -0.05) is 140 Å². The molecule has 0 unspecified atom stereocenters. The lowest BCUT2D eigenvalue weighted by molar-refractivity contribution is 0.767. The highest BCUT2D eigenvalue weighted by atomic mass is 15.3. The lowest BCUT2D eigenvalue weighted by Crippen LogP contribution is -2.32. The van der Waals surface area contributed by atoms with Crippen LogP contribution in [0.25, 0.3) is 66.4 Å². The van der Waals surface area contributed by atoms with Crippen LogP contribution in [0, 0.1) is 0 Å². The van der Waals surface area contributed by atoms with Crippen LogP contribution in [-0.2, 0) is 5.41 Å². The van der Waals surface area contributed by atoms with Crippen molar-refractivity contribution in [2.45, 2.75) is 5.41 Å². The molecule has 4 heteroatoms. The van der Waals surface area contributed by atoms with Gasteiger partial charge in [0, 0.05) is 33.7 Å². The Bertz CT molecular complexity index is 2940. The van der Waals surface area contributed by atoms with Crippen LogP contribution in [0.4, 0.5) is 17.3 Å². The van der Waals surface area contributed by atoms with E-state index in [1.54, 1.807) is 0 Å². The van der Waals surface area contributed by atoms with E-state index in [4.69, 9.17) is 15.0 Å². The summed E-state index contributed by atoms with van der Waals surface area (Å²) in [4.78, 5) is 18.1. The van der Waals surface area contributed by atoms with Crippen molar-refractivity contribution < 1.29 is 0 Å². The van der Waals surface area contributed by atoms with Crippen LogP contribution in [0.5, 0.6) is 0 Å². The first kappa shape index (κ1) is 27.9. The Balaban J connectivity index is 1.23. The molecule has 3 heterocycles.